The van der Waals surface area contributed by atoms with Gasteiger partial charge < -0.3 is 5.32 Å². The first-order chi connectivity index (χ1) is 9.24. The molecule has 1 aliphatic heterocycles. The van der Waals surface area contributed by atoms with Crippen molar-refractivity contribution in [2.24, 2.45) is 5.92 Å². The molecule has 3 heteroatoms. The maximum absolute atomic E-state index is 3.63. The molecule has 1 fully saturated rings. The Morgan fingerprint density at radius 1 is 1.37 bits per heavy atom. The van der Waals surface area contributed by atoms with E-state index in [0.29, 0.717) is 12.0 Å². The fourth-order valence-corrected chi connectivity index (χ4v) is 3.78. The van der Waals surface area contributed by atoms with Crippen LogP contribution in [0.4, 0.5) is 0 Å². The lowest BCUT2D eigenvalue weighted by Gasteiger charge is -2.35. The molecule has 1 aromatic heterocycles. The summed E-state index contributed by atoms with van der Waals surface area (Å²) in [4.78, 5) is 2.59. The molecule has 2 aromatic rings. The number of hydrogen-bond donors (Lipinski definition) is 1. The summed E-state index contributed by atoms with van der Waals surface area (Å²) in [5, 5.41) is 7.39. The number of hydrogen-bond acceptors (Lipinski definition) is 3. The number of nitrogens with zero attached hydrogens (tertiary/aromatic N) is 1. The van der Waals surface area contributed by atoms with Crippen LogP contribution in [0.2, 0.25) is 0 Å². The van der Waals surface area contributed by atoms with Crippen molar-refractivity contribution in [3.63, 3.8) is 0 Å². The van der Waals surface area contributed by atoms with Crippen LogP contribution >= 0.6 is 11.3 Å². The Balaban J connectivity index is 1.74. The lowest BCUT2D eigenvalue weighted by Crippen LogP contribution is -2.52. The highest BCUT2D eigenvalue weighted by Crippen LogP contribution is 2.27. The second kappa shape index (κ2) is 5.61. The van der Waals surface area contributed by atoms with Crippen LogP contribution in [0.1, 0.15) is 19.4 Å². The third kappa shape index (κ3) is 2.83. The molecule has 1 aliphatic rings. The van der Waals surface area contributed by atoms with Crippen LogP contribution in [0.5, 0.6) is 0 Å². The standard InChI is InChI=1S/C16H22N2S/c1-12(2)15-10-18(8-7-17-15)9-13-11-19-16-6-4-3-5-14(13)16/h3-6,11-12,15,17H,7-10H2,1-2H3. The molecular weight excluding hydrogens is 252 g/mol. The monoisotopic (exact) mass is 274 g/mol. The van der Waals surface area contributed by atoms with Crippen LogP contribution in [-0.4, -0.2) is 30.6 Å². The highest BCUT2D eigenvalue weighted by atomic mass is 32.1. The van der Waals surface area contributed by atoms with Crippen molar-refractivity contribution in [3.05, 3.63) is 35.2 Å². The molecule has 1 saturated heterocycles. The van der Waals surface area contributed by atoms with Crippen LogP contribution < -0.4 is 5.32 Å². The van der Waals surface area contributed by atoms with Crippen molar-refractivity contribution < 1.29 is 0 Å². The van der Waals surface area contributed by atoms with E-state index in [4.69, 9.17) is 0 Å². The molecule has 102 valence electrons. The van der Waals surface area contributed by atoms with Gasteiger partial charge in [-0.3, -0.25) is 4.90 Å². The Morgan fingerprint density at radius 2 is 2.21 bits per heavy atom. The van der Waals surface area contributed by atoms with Gasteiger partial charge in [0.1, 0.15) is 0 Å². The highest BCUT2D eigenvalue weighted by Gasteiger charge is 2.22. The van der Waals surface area contributed by atoms with Crippen LogP contribution in [0.25, 0.3) is 10.1 Å². The van der Waals surface area contributed by atoms with Gasteiger partial charge in [0.25, 0.3) is 0 Å². The Kier molecular flexibility index (Phi) is 3.87. The van der Waals surface area contributed by atoms with Gasteiger partial charge in [-0.2, -0.15) is 0 Å². The molecule has 3 rings (SSSR count). The second-order valence-electron chi connectivity index (χ2n) is 5.80. The molecule has 0 spiro atoms. The molecule has 1 aromatic carbocycles. The maximum atomic E-state index is 3.63. The van der Waals surface area contributed by atoms with E-state index in [2.05, 4.69) is 53.7 Å². The van der Waals surface area contributed by atoms with E-state index in [1.54, 1.807) is 0 Å². The molecule has 2 nitrogen and oxygen atoms in total. The molecule has 1 unspecified atom stereocenters. The summed E-state index contributed by atoms with van der Waals surface area (Å²) in [5.41, 5.74) is 1.49. The number of benzene rings is 1. The average Bonchev–Trinajstić information content (AvgIpc) is 2.83. The van der Waals surface area contributed by atoms with Gasteiger partial charge in [-0.15, -0.1) is 11.3 Å². The molecule has 0 saturated carbocycles. The van der Waals surface area contributed by atoms with E-state index in [9.17, 15) is 0 Å². The van der Waals surface area contributed by atoms with E-state index in [-0.39, 0.29) is 0 Å². The largest absolute Gasteiger partial charge is 0.311 e. The van der Waals surface area contributed by atoms with E-state index in [0.717, 1.165) is 19.6 Å². The lowest BCUT2D eigenvalue weighted by molar-refractivity contribution is 0.169. The van der Waals surface area contributed by atoms with Gasteiger partial charge in [-0.05, 0) is 28.3 Å². The van der Waals surface area contributed by atoms with E-state index < -0.39 is 0 Å². The smallest absolute Gasteiger partial charge is 0.0346 e. The number of piperazine rings is 1. The predicted octanol–water partition coefficient (Wildman–Crippen LogP) is 3.33. The van der Waals surface area contributed by atoms with E-state index >= 15 is 0 Å². The molecule has 0 amide bonds. The van der Waals surface area contributed by atoms with Gasteiger partial charge in [0, 0.05) is 36.9 Å². The zero-order chi connectivity index (χ0) is 13.2. The quantitative estimate of drug-likeness (QED) is 0.923. The normalized spacial score (nSPS) is 21.3. The number of thiophene rings is 1. The summed E-state index contributed by atoms with van der Waals surface area (Å²) in [6, 6.07) is 9.38. The van der Waals surface area contributed by atoms with Gasteiger partial charge in [0.2, 0.25) is 0 Å². The molecule has 0 aliphatic carbocycles. The first-order valence-corrected chi connectivity index (χ1v) is 8.03. The minimum Gasteiger partial charge on any atom is -0.311 e. The van der Waals surface area contributed by atoms with Gasteiger partial charge in [0.05, 0.1) is 0 Å². The summed E-state index contributed by atoms with van der Waals surface area (Å²) >= 11 is 1.87. The fraction of sp³-hybridized carbons (Fsp3) is 0.500. The van der Waals surface area contributed by atoms with Crippen LogP contribution in [0, 0.1) is 5.92 Å². The van der Waals surface area contributed by atoms with Crippen LogP contribution in [0.15, 0.2) is 29.6 Å². The third-order valence-corrected chi connectivity index (χ3v) is 5.06. The summed E-state index contributed by atoms with van der Waals surface area (Å²) < 4.78 is 1.41. The van der Waals surface area contributed by atoms with Gasteiger partial charge >= 0.3 is 0 Å². The molecule has 0 bridgehead atoms. The van der Waals surface area contributed by atoms with Crippen molar-refractivity contribution in [1.82, 2.24) is 10.2 Å². The number of fused-ring (bicyclic) bond motifs is 1. The van der Waals surface area contributed by atoms with Gasteiger partial charge in [-0.1, -0.05) is 32.0 Å². The summed E-state index contributed by atoms with van der Waals surface area (Å²) in [6.45, 7) is 9.15. The summed E-state index contributed by atoms with van der Waals surface area (Å²) in [5.74, 6) is 0.710. The zero-order valence-corrected chi connectivity index (χ0v) is 12.5. The molecule has 0 radical (unpaired) electrons. The predicted molar refractivity (Wildman–Crippen MR) is 83.7 cm³/mol. The highest BCUT2D eigenvalue weighted by molar-refractivity contribution is 7.17. The topological polar surface area (TPSA) is 15.3 Å². The zero-order valence-electron chi connectivity index (χ0n) is 11.7. The van der Waals surface area contributed by atoms with Gasteiger partial charge in [0.15, 0.2) is 0 Å². The van der Waals surface area contributed by atoms with E-state index in [1.165, 1.54) is 22.2 Å². The second-order valence-corrected chi connectivity index (χ2v) is 6.71. The fourth-order valence-electron chi connectivity index (χ4n) is 2.83. The van der Waals surface area contributed by atoms with Crippen molar-refractivity contribution in [2.75, 3.05) is 19.6 Å². The third-order valence-electron chi connectivity index (χ3n) is 4.05. The minimum absolute atomic E-state index is 0.638. The molecule has 1 atom stereocenters. The molecular formula is C16H22N2S. The first-order valence-electron chi connectivity index (χ1n) is 7.15. The number of nitrogens with one attached hydrogen (secondary N) is 1. The summed E-state index contributed by atoms with van der Waals surface area (Å²) in [6.07, 6.45) is 0. The van der Waals surface area contributed by atoms with Crippen molar-refractivity contribution in [3.8, 4) is 0 Å². The van der Waals surface area contributed by atoms with E-state index in [1.807, 2.05) is 11.3 Å². The molecule has 2 heterocycles. The lowest BCUT2D eigenvalue weighted by atomic mass is 10.0. The van der Waals surface area contributed by atoms with Crippen molar-refractivity contribution >= 4 is 21.4 Å². The number of rotatable bonds is 3. The van der Waals surface area contributed by atoms with Crippen molar-refractivity contribution in [2.45, 2.75) is 26.4 Å². The molecule has 19 heavy (non-hydrogen) atoms. The Morgan fingerprint density at radius 3 is 3.05 bits per heavy atom. The first kappa shape index (κ1) is 13.1. The summed E-state index contributed by atoms with van der Waals surface area (Å²) in [7, 11) is 0. The average molecular weight is 274 g/mol. The van der Waals surface area contributed by atoms with Crippen LogP contribution in [0.3, 0.4) is 0 Å². The Bertz CT molecular complexity index is 546. The Labute approximate surface area is 119 Å². The van der Waals surface area contributed by atoms with Crippen molar-refractivity contribution in [1.29, 1.82) is 0 Å². The maximum Gasteiger partial charge on any atom is 0.0346 e. The Hall–Kier alpha value is -0.900. The van der Waals surface area contributed by atoms with Gasteiger partial charge in [-0.25, -0.2) is 0 Å². The minimum atomic E-state index is 0.638. The molecule has 1 N–H and O–H groups in total. The van der Waals surface area contributed by atoms with Crippen LogP contribution in [-0.2, 0) is 6.54 Å². The SMILES string of the molecule is CC(C)C1CN(Cc2csc3ccccc23)CCN1.